The summed E-state index contributed by atoms with van der Waals surface area (Å²) in [6.07, 6.45) is 0. The van der Waals surface area contributed by atoms with Crippen LogP contribution in [0.3, 0.4) is 0 Å². The molecule has 4 aromatic rings. The van der Waals surface area contributed by atoms with Gasteiger partial charge >= 0.3 is 0 Å². The number of amides is 1. The normalized spacial score (nSPS) is 14.5. The maximum atomic E-state index is 13.2. The smallest absolute Gasteiger partial charge is 0.265 e. The number of aryl methyl sites for hydroxylation is 2. The summed E-state index contributed by atoms with van der Waals surface area (Å²) < 4.78 is 5.47. The molecule has 8 heteroatoms. The van der Waals surface area contributed by atoms with Gasteiger partial charge in [0.1, 0.15) is 9.88 Å². The standard InChI is InChI=1S/C25H25N5O2S/c1-17-8-10-19(11-9-17)23-27-21(32-28-23)16-29-12-14-30(15-13-29)25(31)22-18(2)26-24(33-22)20-6-4-3-5-7-20/h3-11H,12-16H2,1-2H3. The molecular weight excluding hydrogens is 434 g/mol. The highest BCUT2D eigenvalue weighted by Crippen LogP contribution is 2.29. The van der Waals surface area contributed by atoms with Crippen LogP contribution in [0.1, 0.15) is 26.8 Å². The van der Waals surface area contributed by atoms with Gasteiger partial charge in [0.25, 0.3) is 5.91 Å². The number of benzene rings is 2. The lowest BCUT2D eigenvalue weighted by molar-refractivity contribution is 0.0619. The van der Waals surface area contributed by atoms with Gasteiger partial charge in [0.2, 0.25) is 11.7 Å². The summed E-state index contributed by atoms with van der Waals surface area (Å²) in [5.41, 5.74) is 3.97. The topological polar surface area (TPSA) is 75.4 Å². The third-order valence-electron chi connectivity index (χ3n) is 5.81. The lowest BCUT2D eigenvalue weighted by Crippen LogP contribution is -2.48. The number of rotatable bonds is 5. The number of carbonyl (C=O) groups excluding carboxylic acids is 1. The van der Waals surface area contributed by atoms with Gasteiger partial charge in [-0.15, -0.1) is 11.3 Å². The van der Waals surface area contributed by atoms with Gasteiger partial charge in [-0.2, -0.15) is 4.98 Å². The first-order valence-corrected chi connectivity index (χ1v) is 11.8. The number of hydrogen-bond donors (Lipinski definition) is 0. The molecule has 1 fully saturated rings. The molecule has 0 bridgehead atoms. The molecule has 0 radical (unpaired) electrons. The Kier molecular flexibility index (Phi) is 6.02. The summed E-state index contributed by atoms with van der Waals surface area (Å²) in [5, 5.41) is 5.00. The minimum absolute atomic E-state index is 0.0614. The van der Waals surface area contributed by atoms with E-state index in [1.54, 1.807) is 0 Å². The summed E-state index contributed by atoms with van der Waals surface area (Å²) >= 11 is 1.47. The van der Waals surface area contributed by atoms with E-state index in [2.05, 4.69) is 20.0 Å². The van der Waals surface area contributed by atoms with Crippen LogP contribution >= 0.6 is 11.3 Å². The molecule has 1 aliphatic rings. The fourth-order valence-corrected chi connectivity index (χ4v) is 4.92. The molecule has 1 aliphatic heterocycles. The first-order valence-electron chi connectivity index (χ1n) is 11.0. The van der Waals surface area contributed by atoms with Crippen molar-refractivity contribution >= 4 is 17.2 Å². The molecule has 0 saturated carbocycles. The van der Waals surface area contributed by atoms with Gasteiger partial charge in [-0.3, -0.25) is 9.69 Å². The van der Waals surface area contributed by atoms with Crippen LogP contribution in [0, 0.1) is 13.8 Å². The minimum atomic E-state index is 0.0614. The Morgan fingerprint density at radius 3 is 2.39 bits per heavy atom. The summed E-state index contributed by atoms with van der Waals surface area (Å²) in [6.45, 7) is 7.39. The Morgan fingerprint density at radius 1 is 0.939 bits per heavy atom. The number of aromatic nitrogens is 3. The van der Waals surface area contributed by atoms with Gasteiger partial charge in [-0.05, 0) is 13.8 Å². The zero-order valence-electron chi connectivity index (χ0n) is 18.7. The number of piperazine rings is 1. The predicted octanol–water partition coefficient (Wildman–Crippen LogP) is 4.43. The maximum absolute atomic E-state index is 13.2. The lowest BCUT2D eigenvalue weighted by atomic mass is 10.1. The number of thiazole rings is 1. The number of carbonyl (C=O) groups is 1. The second-order valence-corrected chi connectivity index (χ2v) is 9.24. The average Bonchev–Trinajstić information content (AvgIpc) is 3.47. The van der Waals surface area contributed by atoms with Gasteiger partial charge in [0, 0.05) is 37.3 Å². The van der Waals surface area contributed by atoms with E-state index in [9.17, 15) is 4.79 Å². The highest BCUT2D eigenvalue weighted by molar-refractivity contribution is 7.17. The Morgan fingerprint density at radius 2 is 1.67 bits per heavy atom. The summed E-state index contributed by atoms with van der Waals surface area (Å²) in [4.78, 5) is 27.2. The van der Waals surface area contributed by atoms with Crippen LogP contribution in [0.5, 0.6) is 0 Å². The van der Waals surface area contributed by atoms with Crippen molar-refractivity contribution in [2.45, 2.75) is 20.4 Å². The Balaban J connectivity index is 1.19. The molecule has 1 amide bonds. The second-order valence-electron chi connectivity index (χ2n) is 8.25. The second kappa shape index (κ2) is 9.25. The van der Waals surface area contributed by atoms with Crippen LogP contribution in [0.2, 0.25) is 0 Å². The highest BCUT2D eigenvalue weighted by atomic mass is 32.1. The van der Waals surface area contributed by atoms with Crippen molar-refractivity contribution in [1.82, 2.24) is 24.9 Å². The Hall–Kier alpha value is -3.36. The van der Waals surface area contributed by atoms with E-state index in [4.69, 9.17) is 4.52 Å². The third-order valence-corrected chi connectivity index (χ3v) is 7.00. The molecule has 33 heavy (non-hydrogen) atoms. The van der Waals surface area contributed by atoms with E-state index in [1.165, 1.54) is 16.9 Å². The fraction of sp³-hybridized carbons (Fsp3) is 0.280. The first-order chi connectivity index (χ1) is 16.1. The number of nitrogens with zero attached hydrogens (tertiary/aromatic N) is 5. The van der Waals surface area contributed by atoms with Crippen LogP contribution in [-0.2, 0) is 6.54 Å². The SMILES string of the molecule is Cc1ccc(-c2noc(CN3CCN(C(=O)c4sc(-c5ccccc5)nc4C)CC3)n2)cc1. The largest absolute Gasteiger partial charge is 0.338 e. The van der Waals surface area contributed by atoms with Crippen LogP contribution in [0.15, 0.2) is 59.1 Å². The average molecular weight is 460 g/mol. The Bertz CT molecular complexity index is 1240. The summed E-state index contributed by atoms with van der Waals surface area (Å²) in [7, 11) is 0. The van der Waals surface area contributed by atoms with Crippen molar-refractivity contribution in [3.05, 3.63) is 76.6 Å². The van der Waals surface area contributed by atoms with E-state index in [0.717, 1.165) is 39.8 Å². The molecule has 0 aliphatic carbocycles. The van der Waals surface area contributed by atoms with E-state index in [1.807, 2.05) is 73.3 Å². The van der Waals surface area contributed by atoms with Crippen molar-refractivity contribution in [1.29, 1.82) is 0 Å². The zero-order valence-corrected chi connectivity index (χ0v) is 19.5. The summed E-state index contributed by atoms with van der Waals surface area (Å²) in [6, 6.07) is 18.1. The van der Waals surface area contributed by atoms with Crippen LogP contribution < -0.4 is 0 Å². The van der Waals surface area contributed by atoms with Crippen molar-refractivity contribution in [3.8, 4) is 22.0 Å². The van der Waals surface area contributed by atoms with Gasteiger partial charge in [-0.25, -0.2) is 4.98 Å². The molecule has 168 valence electrons. The lowest BCUT2D eigenvalue weighted by Gasteiger charge is -2.33. The predicted molar refractivity (Wildman–Crippen MR) is 128 cm³/mol. The van der Waals surface area contributed by atoms with Gasteiger partial charge in [-0.1, -0.05) is 65.3 Å². The number of hydrogen-bond acceptors (Lipinski definition) is 7. The molecule has 0 N–H and O–H groups in total. The fourth-order valence-electron chi connectivity index (χ4n) is 3.88. The first kappa shape index (κ1) is 21.5. The van der Waals surface area contributed by atoms with Crippen molar-refractivity contribution in [2.75, 3.05) is 26.2 Å². The molecular formula is C25H25N5O2S. The third kappa shape index (κ3) is 4.72. The molecule has 0 unspecified atom stereocenters. The van der Waals surface area contributed by atoms with E-state index in [0.29, 0.717) is 31.3 Å². The minimum Gasteiger partial charge on any atom is -0.338 e. The van der Waals surface area contributed by atoms with Crippen molar-refractivity contribution in [2.24, 2.45) is 0 Å². The van der Waals surface area contributed by atoms with Crippen LogP contribution in [0.4, 0.5) is 0 Å². The highest BCUT2D eigenvalue weighted by Gasteiger charge is 2.26. The molecule has 2 aromatic heterocycles. The molecule has 5 rings (SSSR count). The van der Waals surface area contributed by atoms with E-state index >= 15 is 0 Å². The summed E-state index contributed by atoms with van der Waals surface area (Å²) in [5.74, 6) is 1.26. The van der Waals surface area contributed by atoms with Crippen molar-refractivity contribution < 1.29 is 9.32 Å². The molecule has 0 spiro atoms. The van der Waals surface area contributed by atoms with Gasteiger partial charge in [0.05, 0.1) is 12.2 Å². The zero-order chi connectivity index (χ0) is 22.8. The van der Waals surface area contributed by atoms with E-state index < -0.39 is 0 Å². The molecule has 7 nitrogen and oxygen atoms in total. The monoisotopic (exact) mass is 459 g/mol. The Labute approximate surface area is 196 Å². The molecule has 2 aromatic carbocycles. The van der Waals surface area contributed by atoms with Crippen LogP contribution in [0.25, 0.3) is 22.0 Å². The van der Waals surface area contributed by atoms with Gasteiger partial charge < -0.3 is 9.42 Å². The van der Waals surface area contributed by atoms with Crippen molar-refractivity contribution in [3.63, 3.8) is 0 Å². The quantitative estimate of drug-likeness (QED) is 0.439. The van der Waals surface area contributed by atoms with Gasteiger partial charge in [0.15, 0.2) is 0 Å². The van der Waals surface area contributed by atoms with E-state index in [-0.39, 0.29) is 5.91 Å². The molecule has 1 saturated heterocycles. The molecule has 3 heterocycles. The molecule has 0 atom stereocenters. The maximum Gasteiger partial charge on any atom is 0.265 e. The van der Waals surface area contributed by atoms with Crippen LogP contribution in [-0.4, -0.2) is 57.0 Å².